The normalized spacial score (nSPS) is 18.1. The van der Waals surface area contributed by atoms with Gasteiger partial charge in [-0.25, -0.2) is 4.79 Å². The molecule has 140 valence electrons. The molecule has 4 nitrogen and oxygen atoms in total. The van der Waals surface area contributed by atoms with Crippen molar-refractivity contribution in [1.29, 1.82) is 0 Å². The highest BCUT2D eigenvalue weighted by atomic mass is 16.5. The first-order valence-electron chi connectivity index (χ1n) is 9.18. The van der Waals surface area contributed by atoms with Crippen molar-refractivity contribution in [3.05, 3.63) is 71.3 Å². The number of carbonyl (C=O) groups excluding carboxylic acids is 2. The average Bonchev–Trinajstić information content (AvgIpc) is 3.16. The van der Waals surface area contributed by atoms with Crippen LogP contribution in [0.15, 0.2) is 60.2 Å². The number of hydrogen-bond acceptors (Lipinski definition) is 4. The summed E-state index contributed by atoms with van der Waals surface area (Å²) in [5, 5.41) is 0. The van der Waals surface area contributed by atoms with Gasteiger partial charge >= 0.3 is 5.97 Å². The number of Topliss-reactive ketones (excluding diaryl/α,β-unsaturated/α-hetero) is 1. The number of ether oxygens (including phenoxy) is 2. The molecule has 0 aromatic heterocycles. The molecule has 0 spiro atoms. The number of ketones is 1. The van der Waals surface area contributed by atoms with E-state index < -0.39 is 0 Å². The predicted molar refractivity (Wildman–Crippen MR) is 105 cm³/mol. The molecule has 0 bridgehead atoms. The Labute approximate surface area is 159 Å². The summed E-state index contributed by atoms with van der Waals surface area (Å²) in [4.78, 5) is 25.2. The van der Waals surface area contributed by atoms with Gasteiger partial charge in [0.05, 0.1) is 19.8 Å². The molecule has 0 amide bonds. The Kier molecular flexibility index (Phi) is 6.07. The Morgan fingerprint density at radius 3 is 2.30 bits per heavy atom. The maximum absolute atomic E-state index is 12.7. The fourth-order valence-electron chi connectivity index (χ4n) is 3.73. The predicted octanol–water partition coefficient (Wildman–Crippen LogP) is 4.69. The minimum atomic E-state index is -0.353. The number of allylic oxidation sites excluding steroid dienone is 1. The highest BCUT2D eigenvalue weighted by molar-refractivity contribution is 6.17. The Balaban J connectivity index is 1.93. The van der Waals surface area contributed by atoms with E-state index in [2.05, 4.69) is 0 Å². The minimum Gasteiger partial charge on any atom is -0.497 e. The van der Waals surface area contributed by atoms with E-state index in [-0.39, 0.29) is 17.7 Å². The average molecular weight is 364 g/mol. The first-order valence-corrected chi connectivity index (χ1v) is 9.18. The molecule has 4 heteroatoms. The van der Waals surface area contributed by atoms with Crippen LogP contribution in [0.4, 0.5) is 0 Å². The summed E-state index contributed by atoms with van der Waals surface area (Å²) in [7, 11) is 3.00. The van der Waals surface area contributed by atoms with Crippen LogP contribution in [-0.4, -0.2) is 26.0 Å². The zero-order valence-electron chi connectivity index (χ0n) is 15.7. The lowest BCUT2D eigenvalue weighted by Gasteiger charge is -2.17. The smallest absolute Gasteiger partial charge is 0.338 e. The van der Waals surface area contributed by atoms with Gasteiger partial charge in [0.2, 0.25) is 0 Å². The lowest BCUT2D eigenvalue weighted by atomic mass is 9.88. The van der Waals surface area contributed by atoms with Crippen LogP contribution >= 0.6 is 0 Å². The molecule has 0 radical (unpaired) electrons. The van der Waals surface area contributed by atoms with Crippen LogP contribution in [-0.2, 0) is 9.53 Å². The summed E-state index contributed by atoms with van der Waals surface area (Å²) in [6, 6.07) is 16.7. The van der Waals surface area contributed by atoms with E-state index in [0.29, 0.717) is 17.6 Å². The van der Waals surface area contributed by atoms with Gasteiger partial charge in [-0.05, 0) is 42.9 Å². The fraction of sp³-hybridized carbons (Fsp3) is 0.304. The molecule has 0 aliphatic heterocycles. The Hall–Kier alpha value is -2.88. The Morgan fingerprint density at radius 1 is 0.963 bits per heavy atom. The van der Waals surface area contributed by atoms with Crippen molar-refractivity contribution in [1.82, 2.24) is 0 Å². The summed E-state index contributed by atoms with van der Waals surface area (Å²) in [6.45, 7) is 0. The summed E-state index contributed by atoms with van der Waals surface area (Å²) in [5.41, 5.74) is 3.13. The molecule has 0 saturated heterocycles. The van der Waals surface area contributed by atoms with E-state index in [1.807, 2.05) is 54.6 Å². The van der Waals surface area contributed by atoms with E-state index in [1.165, 1.54) is 7.11 Å². The topological polar surface area (TPSA) is 52.6 Å². The molecule has 27 heavy (non-hydrogen) atoms. The molecule has 2 aromatic rings. The SMILES string of the molecule is COC(=O)/C(=C1\CCCC1CC(=O)c1ccccc1)c1ccc(OC)cc1. The molecule has 1 saturated carbocycles. The van der Waals surface area contributed by atoms with Gasteiger partial charge in [0, 0.05) is 12.0 Å². The third-order valence-corrected chi connectivity index (χ3v) is 5.11. The first-order chi connectivity index (χ1) is 13.1. The van der Waals surface area contributed by atoms with Gasteiger partial charge < -0.3 is 9.47 Å². The molecule has 1 unspecified atom stereocenters. The van der Waals surface area contributed by atoms with Gasteiger partial charge in [0.1, 0.15) is 5.75 Å². The van der Waals surface area contributed by atoms with Crippen molar-refractivity contribution < 1.29 is 19.1 Å². The van der Waals surface area contributed by atoms with E-state index in [4.69, 9.17) is 9.47 Å². The molecule has 1 aliphatic rings. The van der Waals surface area contributed by atoms with Crippen molar-refractivity contribution in [2.75, 3.05) is 14.2 Å². The number of rotatable bonds is 6. The summed E-state index contributed by atoms with van der Waals surface area (Å²) >= 11 is 0. The molecule has 0 N–H and O–H groups in total. The van der Waals surface area contributed by atoms with E-state index in [9.17, 15) is 9.59 Å². The van der Waals surface area contributed by atoms with Crippen LogP contribution in [0.3, 0.4) is 0 Å². The van der Waals surface area contributed by atoms with Gasteiger partial charge in [-0.3, -0.25) is 4.79 Å². The van der Waals surface area contributed by atoms with E-state index >= 15 is 0 Å². The Morgan fingerprint density at radius 2 is 1.67 bits per heavy atom. The molecular weight excluding hydrogens is 340 g/mol. The van der Waals surface area contributed by atoms with Gasteiger partial charge in [0.25, 0.3) is 0 Å². The molecule has 1 fully saturated rings. The Bertz CT molecular complexity index is 834. The van der Waals surface area contributed by atoms with Crippen molar-refractivity contribution in [2.45, 2.75) is 25.7 Å². The summed E-state index contributed by atoms with van der Waals surface area (Å²) in [5.74, 6) is 0.553. The molecule has 1 atom stereocenters. The van der Waals surface area contributed by atoms with E-state index in [1.54, 1.807) is 7.11 Å². The molecule has 3 rings (SSSR count). The lowest BCUT2D eigenvalue weighted by molar-refractivity contribution is -0.133. The number of esters is 1. The first kappa shape index (κ1) is 18.9. The van der Waals surface area contributed by atoms with Crippen molar-refractivity contribution >= 4 is 17.3 Å². The van der Waals surface area contributed by atoms with Crippen molar-refractivity contribution in [3.8, 4) is 5.75 Å². The fourth-order valence-corrected chi connectivity index (χ4v) is 3.73. The minimum absolute atomic E-state index is 0.0638. The zero-order chi connectivity index (χ0) is 19.2. The van der Waals surface area contributed by atoms with Crippen LogP contribution in [0.5, 0.6) is 5.75 Å². The monoisotopic (exact) mass is 364 g/mol. The molecule has 1 aliphatic carbocycles. The number of hydrogen-bond donors (Lipinski definition) is 0. The second kappa shape index (κ2) is 8.67. The van der Waals surface area contributed by atoms with Crippen LogP contribution in [0.25, 0.3) is 5.57 Å². The van der Waals surface area contributed by atoms with Gasteiger partial charge in [-0.2, -0.15) is 0 Å². The third kappa shape index (κ3) is 4.27. The molecule has 0 heterocycles. The second-order valence-corrected chi connectivity index (χ2v) is 6.70. The van der Waals surface area contributed by atoms with E-state index in [0.717, 1.165) is 36.1 Å². The van der Waals surface area contributed by atoms with Gasteiger partial charge in [0.15, 0.2) is 5.78 Å². The number of carbonyl (C=O) groups is 2. The van der Waals surface area contributed by atoms with Crippen LogP contribution < -0.4 is 4.74 Å². The van der Waals surface area contributed by atoms with Gasteiger partial charge in [-0.15, -0.1) is 0 Å². The zero-order valence-corrected chi connectivity index (χ0v) is 15.7. The number of benzene rings is 2. The van der Waals surface area contributed by atoms with Crippen LogP contribution in [0.1, 0.15) is 41.6 Å². The number of methoxy groups -OCH3 is 2. The van der Waals surface area contributed by atoms with Crippen LogP contribution in [0, 0.1) is 5.92 Å². The lowest BCUT2D eigenvalue weighted by Crippen LogP contribution is -2.13. The highest BCUT2D eigenvalue weighted by Crippen LogP contribution is 2.40. The quantitative estimate of drug-likeness (QED) is 0.424. The third-order valence-electron chi connectivity index (χ3n) is 5.11. The molecule has 2 aromatic carbocycles. The largest absolute Gasteiger partial charge is 0.497 e. The maximum Gasteiger partial charge on any atom is 0.338 e. The molecular formula is C23H24O4. The van der Waals surface area contributed by atoms with Crippen molar-refractivity contribution in [2.24, 2.45) is 5.92 Å². The maximum atomic E-state index is 12.7. The van der Waals surface area contributed by atoms with Crippen molar-refractivity contribution in [3.63, 3.8) is 0 Å². The standard InChI is InChI=1S/C23H24O4/c1-26-19-13-11-17(12-14-19)22(23(25)27-2)20-10-6-9-18(20)15-21(24)16-7-4-3-5-8-16/h3-5,7-8,11-14,18H,6,9-10,15H2,1-2H3/b22-20+. The second-order valence-electron chi connectivity index (χ2n) is 6.70. The van der Waals surface area contributed by atoms with Gasteiger partial charge in [-0.1, -0.05) is 48.0 Å². The summed E-state index contributed by atoms with van der Waals surface area (Å²) < 4.78 is 10.3. The highest BCUT2D eigenvalue weighted by Gasteiger charge is 2.30. The van der Waals surface area contributed by atoms with Crippen LogP contribution in [0.2, 0.25) is 0 Å². The summed E-state index contributed by atoms with van der Waals surface area (Å²) in [6.07, 6.45) is 3.10.